The molecule has 3 nitrogen and oxygen atoms in total. The number of allylic oxidation sites excluding steroid dienone is 7. The lowest BCUT2D eigenvalue weighted by atomic mass is 9.79. The van der Waals surface area contributed by atoms with Crippen LogP contribution in [0.1, 0.15) is 43.2 Å². The maximum atomic E-state index is 5.65. The standard InChI is InChI=1S/C33H31N3/c1-2-22(18-19-34)30-16-14-25-11-13-27(21-33(25)35-30)31-17-15-24-10-12-26(20-32(24)36-31)29-9-5-7-23-6-3-4-8-28(23)29/h2,4-5,7-8,10-21,29-30,35H,3,6,9,34H2,1H3/b19-18-,22-2+. The zero-order valence-electron chi connectivity index (χ0n) is 20.6. The molecule has 0 saturated heterocycles. The van der Waals surface area contributed by atoms with Crippen molar-refractivity contribution in [3.05, 3.63) is 125 Å². The van der Waals surface area contributed by atoms with Gasteiger partial charge in [-0.3, -0.25) is 0 Å². The summed E-state index contributed by atoms with van der Waals surface area (Å²) >= 11 is 0. The Morgan fingerprint density at radius 1 is 1.03 bits per heavy atom. The molecule has 2 atom stereocenters. The molecule has 0 saturated carbocycles. The molecule has 2 aliphatic carbocycles. The highest BCUT2D eigenvalue weighted by Crippen LogP contribution is 2.39. The van der Waals surface area contributed by atoms with Crippen molar-refractivity contribution in [2.45, 2.75) is 38.1 Å². The summed E-state index contributed by atoms with van der Waals surface area (Å²) in [6.07, 6.45) is 22.6. The Balaban J connectivity index is 1.33. The Bertz CT molecular complexity index is 1510. The number of nitrogens with two attached hydrogens (primary N) is 1. The molecular formula is C33H31N3. The molecule has 0 fully saturated rings. The number of benzene rings is 2. The number of anilines is 1. The van der Waals surface area contributed by atoms with Gasteiger partial charge in [0.2, 0.25) is 0 Å². The summed E-state index contributed by atoms with van der Waals surface area (Å²) < 4.78 is 0. The molecule has 3 N–H and O–H groups in total. The maximum Gasteiger partial charge on any atom is 0.0712 e. The monoisotopic (exact) mass is 469 g/mol. The topological polar surface area (TPSA) is 50.9 Å². The van der Waals surface area contributed by atoms with E-state index < -0.39 is 0 Å². The zero-order chi connectivity index (χ0) is 24.5. The summed E-state index contributed by atoms with van der Waals surface area (Å²) in [6.45, 7) is 2.04. The second-order valence-electron chi connectivity index (χ2n) is 9.69. The van der Waals surface area contributed by atoms with Crippen LogP contribution in [0, 0.1) is 0 Å². The molecule has 0 bridgehead atoms. The van der Waals surface area contributed by atoms with Crippen molar-refractivity contribution in [3.8, 4) is 11.3 Å². The van der Waals surface area contributed by atoms with Crippen molar-refractivity contribution in [1.82, 2.24) is 4.98 Å². The molecule has 2 aromatic carbocycles. The van der Waals surface area contributed by atoms with Crippen LogP contribution < -0.4 is 11.1 Å². The smallest absolute Gasteiger partial charge is 0.0712 e. The van der Waals surface area contributed by atoms with Crippen molar-refractivity contribution in [1.29, 1.82) is 0 Å². The third kappa shape index (κ3) is 4.11. The van der Waals surface area contributed by atoms with Gasteiger partial charge in [0.05, 0.1) is 17.3 Å². The van der Waals surface area contributed by atoms with E-state index in [4.69, 9.17) is 10.7 Å². The highest BCUT2D eigenvalue weighted by molar-refractivity contribution is 5.84. The number of nitrogens with one attached hydrogen (secondary N) is 1. The second kappa shape index (κ2) is 9.50. The highest BCUT2D eigenvalue weighted by atomic mass is 14.9. The van der Waals surface area contributed by atoms with Crippen LogP contribution in [-0.4, -0.2) is 11.0 Å². The summed E-state index contributed by atoms with van der Waals surface area (Å²) in [5.41, 5.74) is 16.6. The molecule has 1 aromatic heterocycles. The van der Waals surface area contributed by atoms with Crippen LogP contribution in [0.15, 0.2) is 114 Å². The van der Waals surface area contributed by atoms with Gasteiger partial charge in [-0.2, -0.15) is 0 Å². The largest absolute Gasteiger partial charge is 0.405 e. The summed E-state index contributed by atoms with van der Waals surface area (Å²) in [4.78, 5) is 5.12. The summed E-state index contributed by atoms with van der Waals surface area (Å²) in [5, 5.41) is 4.82. The first-order chi connectivity index (χ1) is 17.7. The SMILES string of the molecule is C/C=C(\C=C/N)C1C=Cc2ccc(-c3ccc4ccc(C5CC=CC6=C5C=CCC6)cc4n3)cc2N1. The van der Waals surface area contributed by atoms with Crippen LogP contribution in [-0.2, 0) is 0 Å². The average Bonchev–Trinajstić information content (AvgIpc) is 2.94. The molecule has 3 aromatic rings. The van der Waals surface area contributed by atoms with Gasteiger partial charge < -0.3 is 11.1 Å². The molecule has 3 heteroatoms. The van der Waals surface area contributed by atoms with E-state index in [1.165, 1.54) is 27.7 Å². The van der Waals surface area contributed by atoms with Crippen molar-refractivity contribution < 1.29 is 0 Å². The first-order valence-electron chi connectivity index (χ1n) is 12.8. The van der Waals surface area contributed by atoms with E-state index in [1.807, 2.05) is 13.0 Å². The van der Waals surface area contributed by atoms with Crippen LogP contribution in [0.25, 0.3) is 28.2 Å². The van der Waals surface area contributed by atoms with Crippen LogP contribution >= 0.6 is 0 Å². The van der Waals surface area contributed by atoms with Gasteiger partial charge in [-0.15, -0.1) is 0 Å². The first-order valence-corrected chi connectivity index (χ1v) is 12.8. The lowest BCUT2D eigenvalue weighted by Gasteiger charge is -2.26. The fraction of sp³-hybridized carbons (Fsp3) is 0.182. The summed E-state index contributed by atoms with van der Waals surface area (Å²) in [5.74, 6) is 0.413. The minimum atomic E-state index is 0.0993. The minimum absolute atomic E-state index is 0.0993. The molecule has 0 radical (unpaired) electrons. The van der Waals surface area contributed by atoms with Gasteiger partial charge in [0.1, 0.15) is 0 Å². The van der Waals surface area contributed by atoms with Crippen molar-refractivity contribution >= 4 is 22.7 Å². The van der Waals surface area contributed by atoms with Crippen LogP contribution in [0.3, 0.4) is 0 Å². The normalized spacial score (nSPS) is 21.1. The third-order valence-electron chi connectivity index (χ3n) is 7.54. The Labute approximate surface area is 213 Å². The van der Waals surface area contributed by atoms with Gasteiger partial charge in [-0.25, -0.2) is 4.98 Å². The maximum absolute atomic E-state index is 5.65. The molecule has 2 unspecified atom stereocenters. The predicted molar refractivity (Wildman–Crippen MR) is 153 cm³/mol. The van der Waals surface area contributed by atoms with Crippen molar-refractivity contribution in [3.63, 3.8) is 0 Å². The van der Waals surface area contributed by atoms with Gasteiger partial charge in [0.15, 0.2) is 0 Å². The number of hydrogen-bond acceptors (Lipinski definition) is 3. The Morgan fingerprint density at radius 2 is 1.94 bits per heavy atom. The van der Waals surface area contributed by atoms with Crippen LogP contribution in [0.5, 0.6) is 0 Å². The number of aromatic nitrogens is 1. The number of fused-ring (bicyclic) bond motifs is 2. The van der Waals surface area contributed by atoms with E-state index in [0.717, 1.165) is 47.3 Å². The van der Waals surface area contributed by atoms with E-state index in [2.05, 4.69) is 96.4 Å². The third-order valence-corrected chi connectivity index (χ3v) is 7.54. The number of nitrogens with zero attached hydrogens (tertiary/aromatic N) is 1. The molecule has 3 aliphatic rings. The number of pyridine rings is 1. The lowest BCUT2D eigenvalue weighted by Crippen LogP contribution is -2.21. The molecule has 0 amide bonds. The van der Waals surface area contributed by atoms with Crippen molar-refractivity contribution in [2.24, 2.45) is 5.73 Å². The molecule has 178 valence electrons. The van der Waals surface area contributed by atoms with Gasteiger partial charge in [0.25, 0.3) is 0 Å². The van der Waals surface area contributed by atoms with Crippen LogP contribution in [0.4, 0.5) is 5.69 Å². The fourth-order valence-corrected chi connectivity index (χ4v) is 5.61. The summed E-state index contributed by atoms with van der Waals surface area (Å²) in [6, 6.07) is 17.7. The van der Waals surface area contributed by atoms with E-state index in [1.54, 1.807) is 6.20 Å². The lowest BCUT2D eigenvalue weighted by molar-refractivity contribution is 0.778. The minimum Gasteiger partial charge on any atom is -0.405 e. The predicted octanol–water partition coefficient (Wildman–Crippen LogP) is 7.82. The van der Waals surface area contributed by atoms with E-state index in [-0.39, 0.29) is 6.04 Å². The number of hydrogen-bond donors (Lipinski definition) is 2. The van der Waals surface area contributed by atoms with Gasteiger partial charge in [0, 0.05) is 22.6 Å². The van der Waals surface area contributed by atoms with Crippen molar-refractivity contribution in [2.75, 3.05) is 5.32 Å². The molecule has 2 heterocycles. The molecule has 1 aliphatic heterocycles. The Kier molecular flexibility index (Phi) is 5.90. The average molecular weight is 470 g/mol. The van der Waals surface area contributed by atoms with E-state index in [9.17, 15) is 0 Å². The molecule has 0 spiro atoms. The molecule has 6 rings (SSSR count). The first kappa shape index (κ1) is 22.4. The fourth-order valence-electron chi connectivity index (χ4n) is 5.61. The molecular weight excluding hydrogens is 438 g/mol. The quantitative estimate of drug-likeness (QED) is 0.383. The Hall–Kier alpha value is -4.11. The van der Waals surface area contributed by atoms with Gasteiger partial charge >= 0.3 is 0 Å². The highest BCUT2D eigenvalue weighted by Gasteiger charge is 2.22. The zero-order valence-corrected chi connectivity index (χ0v) is 20.6. The van der Waals surface area contributed by atoms with Gasteiger partial charge in [-0.1, -0.05) is 72.9 Å². The van der Waals surface area contributed by atoms with E-state index >= 15 is 0 Å². The molecule has 36 heavy (non-hydrogen) atoms. The van der Waals surface area contributed by atoms with E-state index in [0.29, 0.717) is 5.92 Å². The van der Waals surface area contributed by atoms with Gasteiger partial charge in [-0.05, 0) is 84.5 Å². The van der Waals surface area contributed by atoms with Crippen LogP contribution in [0.2, 0.25) is 0 Å². The second-order valence-corrected chi connectivity index (χ2v) is 9.69. The Morgan fingerprint density at radius 3 is 2.83 bits per heavy atom. The summed E-state index contributed by atoms with van der Waals surface area (Å²) in [7, 11) is 0. The number of rotatable bonds is 4.